The van der Waals surface area contributed by atoms with Gasteiger partial charge in [-0.15, -0.1) is 11.8 Å². The van der Waals surface area contributed by atoms with Gasteiger partial charge in [0.05, 0.1) is 5.25 Å². The standard InChI is InChI=1S/C13H17FN2O2S/c1-8(10-6-4-5-7-11(10)14)19-9(2)12(17)16-13(18)15-3/h4-9H,1-3H3,(H2,15,16,17,18). The van der Waals surface area contributed by atoms with Gasteiger partial charge in [-0.3, -0.25) is 10.1 Å². The van der Waals surface area contributed by atoms with Gasteiger partial charge in [-0.25, -0.2) is 9.18 Å². The third-order valence-electron chi connectivity index (χ3n) is 2.58. The van der Waals surface area contributed by atoms with E-state index < -0.39 is 17.2 Å². The van der Waals surface area contributed by atoms with Crippen LogP contribution in [0, 0.1) is 5.82 Å². The Bertz CT molecular complexity index is 468. The number of urea groups is 1. The summed E-state index contributed by atoms with van der Waals surface area (Å²) in [7, 11) is 1.43. The minimum absolute atomic E-state index is 0.174. The first-order valence-electron chi connectivity index (χ1n) is 5.88. The summed E-state index contributed by atoms with van der Waals surface area (Å²) >= 11 is 1.30. The SMILES string of the molecule is CNC(=O)NC(=O)C(C)SC(C)c1ccccc1F. The van der Waals surface area contributed by atoms with Gasteiger partial charge in [-0.05, 0) is 19.9 Å². The van der Waals surface area contributed by atoms with Crippen LogP contribution in [0.4, 0.5) is 9.18 Å². The van der Waals surface area contributed by atoms with Gasteiger partial charge in [-0.1, -0.05) is 18.2 Å². The highest BCUT2D eigenvalue weighted by molar-refractivity contribution is 8.00. The van der Waals surface area contributed by atoms with Crippen LogP contribution in [-0.4, -0.2) is 24.2 Å². The number of hydrogen-bond donors (Lipinski definition) is 2. The number of carbonyl (C=O) groups is 2. The molecular formula is C13H17FN2O2S. The normalized spacial score (nSPS) is 13.5. The Balaban J connectivity index is 2.62. The number of amides is 3. The third-order valence-corrected chi connectivity index (χ3v) is 3.87. The van der Waals surface area contributed by atoms with Crippen molar-refractivity contribution in [3.63, 3.8) is 0 Å². The van der Waals surface area contributed by atoms with Crippen molar-refractivity contribution in [2.24, 2.45) is 0 Å². The zero-order valence-corrected chi connectivity index (χ0v) is 11.9. The molecule has 3 amide bonds. The molecule has 1 rings (SSSR count). The van der Waals surface area contributed by atoms with Crippen LogP contribution >= 0.6 is 11.8 Å². The molecule has 1 aromatic carbocycles. The summed E-state index contributed by atoms with van der Waals surface area (Å²) in [5, 5.41) is 3.88. The van der Waals surface area contributed by atoms with Crippen molar-refractivity contribution in [1.82, 2.24) is 10.6 Å². The second kappa shape index (κ2) is 7.13. The summed E-state index contributed by atoms with van der Waals surface area (Å²) in [5.41, 5.74) is 0.548. The molecule has 2 unspecified atom stereocenters. The summed E-state index contributed by atoms with van der Waals surface area (Å²) in [6.45, 7) is 3.51. The third kappa shape index (κ3) is 4.55. The van der Waals surface area contributed by atoms with Gasteiger partial charge < -0.3 is 5.32 Å². The van der Waals surface area contributed by atoms with Crippen molar-refractivity contribution < 1.29 is 14.0 Å². The lowest BCUT2D eigenvalue weighted by molar-refractivity contribution is -0.119. The van der Waals surface area contributed by atoms with Gasteiger partial charge in [0.25, 0.3) is 0 Å². The smallest absolute Gasteiger partial charge is 0.321 e. The highest BCUT2D eigenvalue weighted by atomic mass is 32.2. The maximum Gasteiger partial charge on any atom is 0.321 e. The highest BCUT2D eigenvalue weighted by Gasteiger charge is 2.20. The van der Waals surface area contributed by atoms with E-state index in [9.17, 15) is 14.0 Å². The Labute approximate surface area is 116 Å². The van der Waals surface area contributed by atoms with Gasteiger partial charge in [0.1, 0.15) is 5.82 Å². The van der Waals surface area contributed by atoms with Gasteiger partial charge in [0.15, 0.2) is 0 Å². The number of benzene rings is 1. The van der Waals surface area contributed by atoms with E-state index in [1.54, 1.807) is 25.1 Å². The van der Waals surface area contributed by atoms with Crippen molar-refractivity contribution in [3.05, 3.63) is 35.6 Å². The minimum Gasteiger partial charge on any atom is -0.341 e. The zero-order valence-electron chi connectivity index (χ0n) is 11.1. The van der Waals surface area contributed by atoms with E-state index in [4.69, 9.17) is 0 Å². The number of thioether (sulfide) groups is 1. The molecule has 2 atom stereocenters. The average molecular weight is 284 g/mol. The summed E-state index contributed by atoms with van der Waals surface area (Å²) in [6.07, 6.45) is 0. The number of halogens is 1. The molecule has 2 N–H and O–H groups in total. The number of nitrogens with one attached hydrogen (secondary N) is 2. The largest absolute Gasteiger partial charge is 0.341 e. The predicted octanol–water partition coefficient (Wildman–Crippen LogP) is 2.46. The highest BCUT2D eigenvalue weighted by Crippen LogP contribution is 2.33. The van der Waals surface area contributed by atoms with Gasteiger partial charge >= 0.3 is 6.03 Å². The molecule has 0 saturated carbocycles. The van der Waals surface area contributed by atoms with Gasteiger partial charge in [0, 0.05) is 17.9 Å². The number of rotatable bonds is 4. The lowest BCUT2D eigenvalue weighted by Crippen LogP contribution is -2.41. The van der Waals surface area contributed by atoms with Crippen LogP contribution in [0.1, 0.15) is 24.7 Å². The first kappa shape index (κ1) is 15.5. The van der Waals surface area contributed by atoms with Crippen molar-refractivity contribution in [3.8, 4) is 0 Å². The van der Waals surface area contributed by atoms with Crippen LogP contribution in [-0.2, 0) is 4.79 Å². The van der Waals surface area contributed by atoms with Crippen molar-refractivity contribution in [2.45, 2.75) is 24.3 Å². The van der Waals surface area contributed by atoms with E-state index in [2.05, 4.69) is 10.6 Å². The van der Waals surface area contributed by atoms with Crippen molar-refractivity contribution in [2.75, 3.05) is 7.05 Å². The number of hydrogen-bond acceptors (Lipinski definition) is 3. The molecule has 4 nitrogen and oxygen atoms in total. The molecule has 0 fully saturated rings. The molecule has 0 spiro atoms. The Kier molecular flexibility index (Phi) is 5.82. The van der Waals surface area contributed by atoms with E-state index in [-0.39, 0.29) is 11.1 Å². The van der Waals surface area contributed by atoms with Crippen LogP contribution in [0.2, 0.25) is 0 Å². The molecule has 0 aliphatic carbocycles. The summed E-state index contributed by atoms with van der Waals surface area (Å²) in [4.78, 5) is 22.7. The molecule has 6 heteroatoms. The van der Waals surface area contributed by atoms with Crippen LogP contribution < -0.4 is 10.6 Å². The second-order valence-corrected chi connectivity index (χ2v) is 5.70. The fraction of sp³-hybridized carbons (Fsp3) is 0.385. The molecule has 0 radical (unpaired) electrons. The van der Waals surface area contributed by atoms with Crippen LogP contribution in [0.5, 0.6) is 0 Å². The van der Waals surface area contributed by atoms with E-state index in [0.29, 0.717) is 5.56 Å². The van der Waals surface area contributed by atoms with E-state index in [0.717, 1.165) is 0 Å². The molecule has 0 aliphatic rings. The van der Waals surface area contributed by atoms with Gasteiger partial charge in [-0.2, -0.15) is 0 Å². The lowest BCUT2D eigenvalue weighted by atomic mass is 10.1. The summed E-state index contributed by atoms with van der Waals surface area (Å²) < 4.78 is 13.6. The van der Waals surface area contributed by atoms with Crippen molar-refractivity contribution >= 4 is 23.7 Å². The molecule has 0 aliphatic heterocycles. The molecule has 1 aromatic rings. The average Bonchev–Trinajstić information content (AvgIpc) is 2.38. The predicted molar refractivity (Wildman–Crippen MR) is 74.5 cm³/mol. The van der Waals surface area contributed by atoms with Crippen LogP contribution in [0.25, 0.3) is 0 Å². The lowest BCUT2D eigenvalue weighted by Gasteiger charge is -2.17. The minimum atomic E-state index is -0.545. The maximum absolute atomic E-state index is 13.6. The van der Waals surface area contributed by atoms with Crippen LogP contribution in [0.3, 0.4) is 0 Å². The zero-order chi connectivity index (χ0) is 14.4. The first-order valence-corrected chi connectivity index (χ1v) is 6.82. The second-order valence-electron chi connectivity index (χ2n) is 4.01. The Hall–Kier alpha value is -1.56. The first-order chi connectivity index (χ1) is 8.95. The maximum atomic E-state index is 13.6. The van der Waals surface area contributed by atoms with Crippen molar-refractivity contribution in [1.29, 1.82) is 0 Å². The molecule has 104 valence electrons. The number of imide groups is 1. The van der Waals surface area contributed by atoms with Gasteiger partial charge in [0.2, 0.25) is 5.91 Å². The van der Waals surface area contributed by atoms with E-state index >= 15 is 0 Å². The fourth-order valence-electron chi connectivity index (χ4n) is 1.52. The molecular weight excluding hydrogens is 267 g/mol. The monoisotopic (exact) mass is 284 g/mol. The molecule has 19 heavy (non-hydrogen) atoms. The van der Waals surface area contributed by atoms with E-state index in [1.165, 1.54) is 24.9 Å². The summed E-state index contributed by atoms with van der Waals surface area (Å²) in [5.74, 6) is -0.686. The Morgan fingerprint density at radius 1 is 1.26 bits per heavy atom. The van der Waals surface area contributed by atoms with Crippen LogP contribution in [0.15, 0.2) is 24.3 Å². The fourth-order valence-corrected chi connectivity index (χ4v) is 2.65. The molecule has 0 heterocycles. The Morgan fingerprint density at radius 3 is 2.47 bits per heavy atom. The molecule has 0 saturated heterocycles. The summed E-state index contributed by atoms with van der Waals surface area (Å²) in [6, 6.07) is 5.91. The molecule has 0 bridgehead atoms. The quantitative estimate of drug-likeness (QED) is 0.893. The molecule has 0 aromatic heterocycles. The Morgan fingerprint density at radius 2 is 1.89 bits per heavy atom. The number of carbonyl (C=O) groups excluding carboxylic acids is 2. The van der Waals surface area contributed by atoms with E-state index in [1.807, 2.05) is 6.92 Å². The topological polar surface area (TPSA) is 58.2 Å².